The number of nitrogens with zero attached hydrogens (tertiary/aromatic N) is 1. The standard InChI is InChI=1S/C25H34N2O3S/c1-19(2)23-15-7-10-20(3)24(23)26-25(28)22-14-8-16-27(18-22)31(29,30)17-9-13-21-11-5-4-6-12-21/h4-7,10-12,15,19,22H,8-9,13-14,16-18H2,1-3H3,(H,26,28)/t22-/m0/s1. The number of carbonyl (C=O) groups is 1. The van der Waals surface area contributed by atoms with Gasteiger partial charge in [-0.2, -0.15) is 0 Å². The second kappa shape index (κ2) is 10.4. The second-order valence-corrected chi connectivity index (χ2v) is 10.9. The number of hydrogen-bond acceptors (Lipinski definition) is 3. The van der Waals surface area contributed by atoms with E-state index in [4.69, 9.17) is 0 Å². The number of nitrogens with one attached hydrogen (secondary N) is 1. The molecule has 2 aromatic rings. The first-order valence-corrected chi connectivity index (χ1v) is 12.8. The van der Waals surface area contributed by atoms with E-state index >= 15 is 0 Å². The highest BCUT2D eigenvalue weighted by atomic mass is 32.2. The SMILES string of the molecule is Cc1cccc(C(C)C)c1NC(=O)[C@H]1CCCN(S(=O)(=O)CCCc2ccccc2)C1. The van der Waals surface area contributed by atoms with Gasteiger partial charge in [-0.15, -0.1) is 0 Å². The smallest absolute Gasteiger partial charge is 0.228 e. The number of para-hydroxylation sites is 1. The molecule has 0 unspecified atom stereocenters. The summed E-state index contributed by atoms with van der Waals surface area (Å²) in [4.78, 5) is 13.0. The molecule has 0 radical (unpaired) electrons. The molecule has 1 saturated heterocycles. The van der Waals surface area contributed by atoms with Gasteiger partial charge in [-0.25, -0.2) is 12.7 Å². The van der Waals surface area contributed by atoms with Crippen LogP contribution in [0.1, 0.15) is 55.7 Å². The minimum absolute atomic E-state index is 0.0830. The molecule has 1 aliphatic rings. The number of piperidine rings is 1. The largest absolute Gasteiger partial charge is 0.325 e. The maximum absolute atomic E-state index is 13.0. The summed E-state index contributed by atoms with van der Waals surface area (Å²) in [6.07, 6.45) is 2.75. The Labute approximate surface area is 186 Å². The van der Waals surface area contributed by atoms with Crippen molar-refractivity contribution < 1.29 is 13.2 Å². The molecule has 0 spiro atoms. The molecule has 0 saturated carbocycles. The van der Waals surface area contributed by atoms with Crippen LogP contribution >= 0.6 is 0 Å². The van der Waals surface area contributed by atoms with E-state index in [0.29, 0.717) is 31.7 Å². The second-order valence-electron chi connectivity index (χ2n) is 8.79. The molecule has 0 aromatic heterocycles. The summed E-state index contributed by atoms with van der Waals surface area (Å²) < 4.78 is 27.3. The predicted octanol–water partition coefficient (Wildman–Crippen LogP) is 4.73. The van der Waals surface area contributed by atoms with Crippen molar-refractivity contribution in [3.8, 4) is 0 Å². The van der Waals surface area contributed by atoms with Gasteiger partial charge in [0, 0.05) is 18.8 Å². The normalized spacial score (nSPS) is 17.6. The summed E-state index contributed by atoms with van der Waals surface area (Å²) in [5, 5.41) is 3.11. The van der Waals surface area contributed by atoms with Crippen molar-refractivity contribution in [2.45, 2.75) is 52.4 Å². The molecular weight excluding hydrogens is 408 g/mol. The van der Waals surface area contributed by atoms with Crippen LogP contribution in [0, 0.1) is 12.8 Å². The third-order valence-corrected chi connectivity index (χ3v) is 7.96. The topological polar surface area (TPSA) is 66.5 Å². The summed E-state index contributed by atoms with van der Waals surface area (Å²) >= 11 is 0. The molecule has 2 aromatic carbocycles. The molecule has 31 heavy (non-hydrogen) atoms. The van der Waals surface area contributed by atoms with Gasteiger partial charge in [-0.05, 0) is 55.2 Å². The summed E-state index contributed by atoms with van der Waals surface area (Å²) in [5.74, 6) is 0.00613. The Balaban J connectivity index is 1.61. The van der Waals surface area contributed by atoms with Crippen LogP contribution in [-0.4, -0.2) is 37.5 Å². The van der Waals surface area contributed by atoms with Crippen molar-refractivity contribution in [1.29, 1.82) is 0 Å². The number of hydrogen-bond donors (Lipinski definition) is 1. The van der Waals surface area contributed by atoms with E-state index < -0.39 is 10.0 Å². The summed E-state index contributed by atoms with van der Waals surface area (Å²) in [6.45, 7) is 6.97. The fraction of sp³-hybridized carbons (Fsp3) is 0.480. The molecule has 1 N–H and O–H groups in total. The van der Waals surface area contributed by atoms with Gasteiger partial charge in [0.15, 0.2) is 0 Å². The number of amides is 1. The maximum Gasteiger partial charge on any atom is 0.228 e. The molecule has 0 aliphatic carbocycles. The Bertz CT molecular complexity index is 987. The molecule has 168 valence electrons. The van der Waals surface area contributed by atoms with Crippen LogP contribution in [0.25, 0.3) is 0 Å². The minimum atomic E-state index is -3.37. The molecule has 1 heterocycles. The number of carbonyl (C=O) groups excluding carboxylic acids is 1. The number of sulfonamides is 1. The zero-order valence-electron chi connectivity index (χ0n) is 18.8. The van der Waals surface area contributed by atoms with Crippen molar-refractivity contribution in [3.63, 3.8) is 0 Å². The first-order valence-electron chi connectivity index (χ1n) is 11.2. The van der Waals surface area contributed by atoms with Crippen LogP contribution in [0.15, 0.2) is 48.5 Å². The molecule has 3 rings (SSSR count). The van der Waals surface area contributed by atoms with Crippen molar-refractivity contribution >= 4 is 21.6 Å². The predicted molar refractivity (Wildman–Crippen MR) is 127 cm³/mol. The van der Waals surface area contributed by atoms with Crippen molar-refractivity contribution in [1.82, 2.24) is 4.31 Å². The lowest BCUT2D eigenvalue weighted by Crippen LogP contribution is -2.44. The van der Waals surface area contributed by atoms with Gasteiger partial charge in [0.2, 0.25) is 15.9 Å². The summed E-state index contributed by atoms with van der Waals surface area (Å²) in [7, 11) is -3.37. The van der Waals surface area contributed by atoms with E-state index in [1.54, 1.807) is 0 Å². The highest BCUT2D eigenvalue weighted by Gasteiger charge is 2.32. The number of benzene rings is 2. The Hall–Kier alpha value is -2.18. The number of anilines is 1. The fourth-order valence-corrected chi connectivity index (χ4v) is 5.79. The van der Waals surface area contributed by atoms with Crippen molar-refractivity contribution in [2.24, 2.45) is 5.92 Å². The molecular formula is C25H34N2O3S. The van der Waals surface area contributed by atoms with Gasteiger partial charge in [0.25, 0.3) is 0 Å². The lowest BCUT2D eigenvalue weighted by Gasteiger charge is -2.31. The quantitative estimate of drug-likeness (QED) is 0.643. The first-order chi connectivity index (χ1) is 14.8. The van der Waals surface area contributed by atoms with Crippen LogP contribution in [0.4, 0.5) is 5.69 Å². The Morgan fingerprint density at radius 3 is 2.58 bits per heavy atom. The van der Waals surface area contributed by atoms with Crippen LogP contribution < -0.4 is 5.32 Å². The minimum Gasteiger partial charge on any atom is -0.325 e. The third kappa shape index (κ3) is 6.17. The van der Waals surface area contributed by atoms with Gasteiger partial charge in [-0.1, -0.05) is 62.4 Å². The highest BCUT2D eigenvalue weighted by molar-refractivity contribution is 7.89. The van der Waals surface area contributed by atoms with E-state index in [2.05, 4.69) is 19.2 Å². The molecule has 5 nitrogen and oxygen atoms in total. The molecule has 1 amide bonds. The Morgan fingerprint density at radius 2 is 1.87 bits per heavy atom. The number of rotatable bonds is 8. The highest BCUT2D eigenvalue weighted by Crippen LogP contribution is 2.29. The Morgan fingerprint density at radius 1 is 1.13 bits per heavy atom. The van der Waals surface area contributed by atoms with E-state index in [1.807, 2.05) is 55.5 Å². The van der Waals surface area contributed by atoms with Gasteiger partial charge >= 0.3 is 0 Å². The van der Waals surface area contributed by atoms with Crippen LogP contribution in [0.2, 0.25) is 0 Å². The monoisotopic (exact) mass is 442 g/mol. The van der Waals surface area contributed by atoms with Crippen LogP contribution in [0.5, 0.6) is 0 Å². The van der Waals surface area contributed by atoms with Crippen molar-refractivity contribution in [3.05, 3.63) is 65.2 Å². The van der Waals surface area contributed by atoms with Gasteiger partial charge in [-0.3, -0.25) is 4.79 Å². The van der Waals surface area contributed by atoms with Gasteiger partial charge < -0.3 is 5.32 Å². The first kappa shape index (κ1) is 23.5. The van der Waals surface area contributed by atoms with E-state index in [9.17, 15) is 13.2 Å². The Kier molecular flexibility index (Phi) is 7.89. The zero-order valence-corrected chi connectivity index (χ0v) is 19.6. The number of aryl methyl sites for hydroxylation is 2. The van der Waals surface area contributed by atoms with E-state index in [1.165, 1.54) is 4.31 Å². The third-order valence-electron chi connectivity index (χ3n) is 6.03. The van der Waals surface area contributed by atoms with E-state index in [-0.39, 0.29) is 24.1 Å². The van der Waals surface area contributed by atoms with Crippen LogP contribution in [0.3, 0.4) is 0 Å². The van der Waals surface area contributed by atoms with E-state index in [0.717, 1.165) is 28.8 Å². The molecule has 6 heteroatoms. The molecule has 0 bridgehead atoms. The molecule has 1 fully saturated rings. The van der Waals surface area contributed by atoms with Gasteiger partial charge in [0.1, 0.15) is 0 Å². The summed E-state index contributed by atoms with van der Waals surface area (Å²) in [5.41, 5.74) is 4.15. The van der Waals surface area contributed by atoms with Crippen LogP contribution in [-0.2, 0) is 21.2 Å². The molecule has 1 aliphatic heterocycles. The maximum atomic E-state index is 13.0. The zero-order chi connectivity index (χ0) is 22.4. The average molecular weight is 443 g/mol. The fourth-order valence-electron chi connectivity index (χ4n) is 4.21. The lowest BCUT2D eigenvalue weighted by atomic mass is 9.95. The lowest BCUT2D eigenvalue weighted by molar-refractivity contribution is -0.120. The van der Waals surface area contributed by atoms with Crippen molar-refractivity contribution in [2.75, 3.05) is 24.2 Å². The molecule has 1 atom stereocenters. The van der Waals surface area contributed by atoms with Gasteiger partial charge in [0.05, 0.1) is 11.7 Å². The summed E-state index contributed by atoms with van der Waals surface area (Å²) in [6, 6.07) is 16.0. The average Bonchev–Trinajstić information content (AvgIpc) is 2.75.